The molecule has 4 rings (SSSR count). The summed E-state index contributed by atoms with van der Waals surface area (Å²) in [6.07, 6.45) is 7.35. The molecule has 2 atom stereocenters. The van der Waals surface area contributed by atoms with Crippen LogP contribution in [0.25, 0.3) is 10.2 Å². The third-order valence-electron chi connectivity index (χ3n) is 6.61. The van der Waals surface area contributed by atoms with Crippen molar-refractivity contribution in [1.82, 2.24) is 14.5 Å². The van der Waals surface area contributed by atoms with E-state index >= 15 is 0 Å². The van der Waals surface area contributed by atoms with Gasteiger partial charge in [0.05, 0.1) is 11.1 Å². The Morgan fingerprint density at radius 1 is 1.21 bits per heavy atom. The summed E-state index contributed by atoms with van der Waals surface area (Å²) in [6, 6.07) is 0.435. The van der Waals surface area contributed by atoms with Crippen LogP contribution in [0.5, 0.6) is 0 Å². The summed E-state index contributed by atoms with van der Waals surface area (Å²) in [6.45, 7) is 8.93. The van der Waals surface area contributed by atoms with E-state index in [9.17, 15) is 9.59 Å². The first-order valence-corrected chi connectivity index (χ1v) is 12.6. The lowest BCUT2D eigenvalue weighted by Crippen LogP contribution is -2.50. The molecular formula is C22H31N3O2S2. The molecule has 158 valence electrons. The highest BCUT2D eigenvalue weighted by atomic mass is 32.2. The maximum atomic E-state index is 13.2. The molecule has 2 aromatic heterocycles. The Balaban J connectivity index is 1.58. The van der Waals surface area contributed by atoms with Gasteiger partial charge >= 0.3 is 0 Å². The number of hydrogen-bond acceptors (Lipinski definition) is 5. The molecule has 1 aliphatic heterocycles. The lowest BCUT2D eigenvalue weighted by atomic mass is 9.78. The van der Waals surface area contributed by atoms with Gasteiger partial charge in [0.1, 0.15) is 4.83 Å². The number of fused-ring (bicyclic) bond motifs is 2. The van der Waals surface area contributed by atoms with Gasteiger partial charge in [-0.15, -0.1) is 11.3 Å². The predicted octanol–water partition coefficient (Wildman–Crippen LogP) is 4.93. The Morgan fingerprint density at radius 3 is 2.69 bits per heavy atom. The van der Waals surface area contributed by atoms with Crippen molar-refractivity contribution in [3.05, 3.63) is 20.8 Å². The molecule has 1 saturated carbocycles. The Morgan fingerprint density at radius 2 is 1.93 bits per heavy atom. The maximum Gasteiger partial charge on any atom is 0.263 e. The zero-order chi connectivity index (χ0) is 20.7. The van der Waals surface area contributed by atoms with Crippen molar-refractivity contribution < 1.29 is 4.79 Å². The van der Waals surface area contributed by atoms with Crippen molar-refractivity contribution in [2.75, 3.05) is 12.3 Å². The number of likely N-dealkylation sites (tertiary alicyclic amines) is 1. The predicted molar refractivity (Wildman–Crippen MR) is 121 cm³/mol. The second-order valence-electron chi connectivity index (χ2n) is 8.76. The molecule has 0 spiro atoms. The van der Waals surface area contributed by atoms with Gasteiger partial charge in [-0.3, -0.25) is 14.2 Å². The molecule has 1 aliphatic carbocycles. The normalized spacial score (nSPS) is 22.3. The van der Waals surface area contributed by atoms with Crippen LogP contribution in [0.15, 0.2) is 9.95 Å². The number of thioether (sulfide) groups is 1. The topological polar surface area (TPSA) is 55.2 Å². The van der Waals surface area contributed by atoms with E-state index in [4.69, 9.17) is 4.98 Å². The number of carbonyl (C=O) groups is 1. The summed E-state index contributed by atoms with van der Waals surface area (Å²) in [5.74, 6) is 1.25. The Hall–Kier alpha value is -1.34. The molecule has 0 bridgehead atoms. The molecule has 2 aliphatic rings. The van der Waals surface area contributed by atoms with E-state index in [-0.39, 0.29) is 17.5 Å². The summed E-state index contributed by atoms with van der Waals surface area (Å²) in [7, 11) is 0. The monoisotopic (exact) mass is 433 g/mol. The number of carbonyl (C=O) groups excluding carboxylic acids is 1. The molecule has 0 aromatic carbocycles. The van der Waals surface area contributed by atoms with Crippen LogP contribution in [0.1, 0.15) is 68.9 Å². The third kappa shape index (κ3) is 3.88. The quantitative estimate of drug-likeness (QED) is 0.507. The number of piperidine rings is 1. The standard InChI is InChI=1S/C22H31N3O2S2/c1-13(2)25-21(27)19-14(3)15(4)29-20(19)23-22(25)28-12-18(26)24-11-7-9-16-8-5-6-10-17(16)24/h13,16-17H,5-12H2,1-4H3. The van der Waals surface area contributed by atoms with Gasteiger partial charge in [0.25, 0.3) is 5.56 Å². The van der Waals surface area contributed by atoms with Crippen LogP contribution in [0.3, 0.4) is 0 Å². The zero-order valence-corrected chi connectivity index (χ0v) is 19.5. The molecule has 1 saturated heterocycles. The van der Waals surface area contributed by atoms with E-state index in [0.29, 0.717) is 22.9 Å². The number of rotatable bonds is 4. The minimum atomic E-state index is 0.00863. The van der Waals surface area contributed by atoms with Gasteiger partial charge < -0.3 is 4.90 Å². The fourth-order valence-corrected chi connectivity index (χ4v) is 7.07. The van der Waals surface area contributed by atoms with Crippen LogP contribution in [-0.4, -0.2) is 38.7 Å². The number of aromatic nitrogens is 2. The average Bonchev–Trinajstić information content (AvgIpc) is 2.99. The van der Waals surface area contributed by atoms with Crippen LogP contribution < -0.4 is 5.56 Å². The Bertz CT molecular complexity index is 977. The lowest BCUT2D eigenvalue weighted by Gasteiger charge is -2.44. The lowest BCUT2D eigenvalue weighted by molar-refractivity contribution is -0.134. The van der Waals surface area contributed by atoms with Crippen molar-refractivity contribution >= 4 is 39.2 Å². The summed E-state index contributed by atoms with van der Waals surface area (Å²) < 4.78 is 1.76. The minimum Gasteiger partial charge on any atom is -0.339 e. The SMILES string of the molecule is Cc1sc2nc(SCC(=O)N3CCCC4CCCCC43)n(C(C)C)c(=O)c2c1C. The van der Waals surface area contributed by atoms with Crippen LogP contribution in [0.4, 0.5) is 0 Å². The molecule has 2 unspecified atom stereocenters. The molecule has 7 heteroatoms. The minimum absolute atomic E-state index is 0.00863. The van der Waals surface area contributed by atoms with Gasteiger partial charge in [0.15, 0.2) is 5.16 Å². The fraction of sp³-hybridized carbons (Fsp3) is 0.682. The van der Waals surface area contributed by atoms with E-state index in [1.54, 1.807) is 15.9 Å². The Labute approximate surface area is 180 Å². The maximum absolute atomic E-state index is 13.2. The number of thiophene rings is 1. The highest BCUT2D eigenvalue weighted by Gasteiger charge is 2.35. The van der Waals surface area contributed by atoms with Gasteiger partial charge in [-0.1, -0.05) is 24.6 Å². The van der Waals surface area contributed by atoms with Gasteiger partial charge in [-0.25, -0.2) is 4.98 Å². The smallest absolute Gasteiger partial charge is 0.263 e. The zero-order valence-electron chi connectivity index (χ0n) is 17.9. The Kier molecular flexibility index (Phi) is 6.07. The molecule has 0 radical (unpaired) electrons. The number of nitrogens with zero attached hydrogens (tertiary/aromatic N) is 3. The van der Waals surface area contributed by atoms with Crippen LogP contribution >= 0.6 is 23.1 Å². The first-order chi connectivity index (χ1) is 13.9. The highest BCUT2D eigenvalue weighted by molar-refractivity contribution is 7.99. The van der Waals surface area contributed by atoms with Crippen molar-refractivity contribution in [2.24, 2.45) is 5.92 Å². The third-order valence-corrected chi connectivity index (χ3v) is 8.65. The van der Waals surface area contributed by atoms with Crippen molar-refractivity contribution in [3.8, 4) is 0 Å². The molecule has 2 aromatic rings. The summed E-state index contributed by atoms with van der Waals surface area (Å²) in [4.78, 5) is 35.2. The van der Waals surface area contributed by atoms with Crippen molar-refractivity contribution in [3.63, 3.8) is 0 Å². The number of aryl methyl sites for hydroxylation is 2. The van der Waals surface area contributed by atoms with E-state index in [1.165, 1.54) is 37.4 Å². The van der Waals surface area contributed by atoms with Crippen LogP contribution in [0, 0.1) is 19.8 Å². The second kappa shape index (κ2) is 8.42. The first-order valence-electron chi connectivity index (χ1n) is 10.8. The summed E-state index contributed by atoms with van der Waals surface area (Å²) >= 11 is 3.00. The largest absolute Gasteiger partial charge is 0.339 e. The second-order valence-corrected chi connectivity index (χ2v) is 10.9. The molecule has 0 N–H and O–H groups in total. The van der Waals surface area contributed by atoms with E-state index in [1.807, 2.05) is 27.7 Å². The van der Waals surface area contributed by atoms with Crippen molar-refractivity contribution in [2.45, 2.75) is 83.5 Å². The number of hydrogen-bond donors (Lipinski definition) is 0. The molecular weight excluding hydrogens is 402 g/mol. The molecule has 1 amide bonds. The number of amides is 1. The molecule has 29 heavy (non-hydrogen) atoms. The molecule has 3 heterocycles. The highest BCUT2D eigenvalue weighted by Crippen LogP contribution is 2.36. The van der Waals surface area contributed by atoms with Crippen LogP contribution in [-0.2, 0) is 4.79 Å². The van der Waals surface area contributed by atoms with E-state index in [0.717, 1.165) is 40.0 Å². The van der Waals surface area contributed by atoms with Gasteiger partial charge in [-0.2, -0.15) is 0 Å². The molecule has 5 nitrogen and oxygen atoms in total. The van der Waals surface area contributed by atoms with Crippen LogP contribution in [0.2, 0.25) is 0 Å². The van der Waals surface area contributed by atoms with Gasteiger partial charge in [0.2, 0.25) is 5.91 Å². The van der Waals surface area contributed by atoms with E-state index < -0.39 is 0 Å². The summed E-state index contributed by atoms with van der Waals surface area (Å²) in [5, 5.41) is 1.40. The fourth-order valence-electron chi connectivity index (χ4n) is 4.99. The van der Waals surface area contributed by atoms with E-state index in [2.05, 4.69) is 4.90 Å². The van der Waals surface area contributed by atoms with Crippen molar-refractivity contribution in [1.29, 1.82) is 0 Å². The van der Waals surface area contributed by atoms with Gasteiger partial charge in [-0.05, 0) is 64.9 Å². The van der Waals surface area contributed by atoms with Gasteiger partial charge in [0, 0.05) is 23.5 Å². The average molecular weight is 434 g/mol. The molecule has 2 fully saturated rings. The summed E-state index contributed by atoms with van der Waals surface area (Å²) in [5.41, 5.74) is 1.05. The first kappa shape index (κ1) is 20.9.